The summed E-state index contributed by atoms with van der Waals surface area (Å²) in [6, 6.07) is 13.8. The first kappa shape index (κ1) is 14.3. The summed E-state index contributed by atoms with van der Waals surface area (Å²) >= 11 is 0. The number of pyridine rings is 1. The van der Waals surface area contributed by atoms with E-state index in [4.69, 9.17) is 0 Å². The number of nitrogens with zero attached hydrogens (tertiary/aromatic N) is 1. The van der Waals surface area contributed by atoms with Crippen LogP contribution in [0.15, 0.2) is 54.9 Å². The van der Waals surface area contributed by atoms with E-state index in [-0.39, 0.29) is 11.9 Å². The molecule has 3 nitrogen and oxygen atoms in total. The fourth-order valence-electron chi connectivity index (χ4n) is 2.15. The minimum Gasteiger partial charge on any atom is -0.345 e. The molecule has 1 unspecified atom stereocenters. The van der Waals surface area contributed by atoms with Crippen molar-refractivity contribution in [1.29, 1.82) is 0 Å². The minimum absolute atomic E-state index is 0.0747. The number of hydrogen-bond donors (Lipinski definition) is 1. The van der Waals surface area contributed by atoms with E-state index in [1.165, 1.54) is 0 Å². The predicted molar refractivity (Wildman–Crippen MR) is 80.1 cm³/mol. The molecule has 1 N–H and O–H groups in total. The molecule has 0 bridgehead atoms. The molecule has 0 saturated carbocycles. The molecule has 0 aliphatic rings. The molecule has 20 heavy (non-hydrogen) atoms. The molecule has 104 valence electrons. The second kappa shape index (κ2) is 6.85. The summed E-state index contributed by atoms with van der Waals surface area (Å²) in [5.41, 5.74) is 2.12. The Morgan fingerprint density at radius 2 is 1.65 bits per heavy atom. The lowest BCUT2D eigenvalue weighted by Gasteiger charge is -2.20. The highest BCUT2D eigenvalue weighted by atomic mass is 16.1. The van der Waals surface area contributed by atoms with Gasteiger partial charge in [-0.25, -0.2) is 0 Å². The van der Waals surface area contributed by atoms with E-state index in [0.29, 0.717) is 12.3 Å². The molecule has 1 atom stereocenters. The first-order valence-electron chi connectivity index (χ1n) is 6.91. The summed E-state index contributed by atoms with van der Waals surface area (Å²) in [6.45, 7) is 4.09. The van der Waals surface area contributed by atoms with E-state index < -0.39 is 0 Å². The van der Waals surface area contributed by atoms with Crippen LogP contribution in [0.3, 0.4) is 0 Å². The Morgan fingerprint density at radius 1 is 1.05 bits per heavy atom. The van der Waals surface area contributed by atoms with Gasteiger partial charge in [0.25, 0.3) is 0 Å². The minimum atomic E-state index is -0.120. The molecular weight excluding hydrogens is 248 g/mol. The molecule has 0 radical (unpaired) electrons. The maximum atomic E-state index is 12.1. The largest absolute Gasteiger partial charge is 0.345 e. The van der Waals surface area contributed by atoms with Gasteiger partial charge < -0.3 is 5.32 Å². The summed E-state index contributed by atoms with van der Waals surface area (Å²) in [4.78, 5) is 16.1. The summed E-state index contributed by atoms with van der Waals surface area (Å²) < 4.78 is 0. The van der Waals surface area contributed by atoms with Crippen LogP contribution in [0.1, 0.15) is 37.4 Å². The van der Waals surface area contributed by atoms with E-state index in [1.807, 2.05) is 56.3 Å². The maximum absolute atomic E-state index is 12.1. The van der Waals surface area contributed by atoms with Crippen LogP contribution in [0, 0.1) is 5.92 Å². The van der Waals surface area contributed by atoms with E-state index in [0.717, 1.165) is 11.1 Å². The topological polar surface area (TPSA) is 42.0 Å². The lowest BCUT2D eigenvalue weighted by Crippen LogP contribution is -2.30. The van der Waals surface area contributed by atoms with Crippen LogP contribution in [0.4, 0.5) is 0 Å². The van der Waals surface area contributed by atoms with Crippen molar-refractivity contribution in [1.82, 2.24) is 10.3 Å². The van der Waals surface area contributed by atoms with Crippen LogP contribution in [-0.4, -0.2) is 10.9 Å². The number of amides is 1. The van der Waals surface area contributed by atoms with Gasteiger partial charge in [0.1, 0.15) is 0 Å². The Labute approximate surface area is 120 Å². The van der Waals surface area contributed by atoms with Gasteiger partial charge in [-0.05, 0) is 29.2 Å². The highest BCUT2D eigenvalue weighted by molar-refractivity contribution is 5.77. The van der Waals surface area contributed by atoms with Gasteiger partial charge in [0.15, 0.2) is 0 Å². The van der Waals surface area contributed by atoms with Crippen molar-refractivity contribution in [3.8, 4) is 0 Å². The van der Waals surface area contributed by atoms with Gasteiger partial charge in [-0.15, -0.1) is 0 Å². The Kier molecular flexibility index (Phi) is 4.88. The maximum Gasteiger partial charge on any atom is 0.221 e. The number of hydrogen-bond acceptors (Lipinski definition) is 2. The van der Waals surface area contributed by atoms with Gasteiger partial charge in [0, 0.05) is 18.8 Å². The van der Waals surface area contributed by atoms with Gasteiger partial charge in [0.2, 0.25) is 5.91 Å². The zero-order valence-corrected chi connectivity index (χ0v) is 11.9. The Morgan fingerprint density at radius 3 is 2.25 bits per heavy atom. The van der Waals surface area contributed by atoms with Crippen LogP contribution in [0.5, 0.6) is 0 Å². The fraction of sp³-hybridized carbons (Fsp3) is 0.294. The highest BCUT2D eigenvalue weighted by Crippen LogP contribution is 2.21. The van der Waals surface area contributed by atoms with Crippen LogP contribution >= 0.6 is 0 Å². The lowest BCUT2D eigenvalue weighted by atomic mass is 9.99. The van der Waals surface area contributed by atoms with Crippen molar-refractivity contribution < 1.29 is 4.79 Å². The van der Waals surface area contributed by atoms with Gasteiger partial charge in [-0.2, -0.15) is 0 Å². The average Bonchev–Trinajstić information content (AvgIpc) is 2.46. The summed E-state index contributed by atoms with van der Waals surface area (Å²) in [7, 11) is 0. The Balaban J connectivity index is 2.24. The number of aromatic nitrogens is 1. The second-order valence-electron chi connectivity index (χ2n) is 5.29. The molecule has 0 aliphatic carbocycles. The quantitative estimate of drug-likeness (QED) is 0.903. The highest BCUT2D eigenvalue weighted by Gasteiger charge is 2.16. The van der Waals surface area contributed by atoms with E-state index in [1.54, 1.807) is 12.4 Å². The Hall–Kier alpha value is -2.16. The first-order valence-corrected chi connectivity index (χ1v) is 6.91. The molecule has 1 amide bonds. The number of nitrogens with one attached hydrogen (secondary N) is 1. The number of benzene rings is 1. The van der Waals surface area contributed by atoms with Gasteiger partial charge in [-0.1, -0.05) is 44.2 Å². The third-order valence-corrected chi connectivity index (χ3v) is 3.07. The van der Waals surface area contributed by atoms with E-state index in [2.05, 4.69) is 10.3 Å². The van der Waals surface area contributed by atoms with Crippen LogP contribution in [-0.2, 0) is 4.79 Å². The van der Waals surface area contributed by atoms with Crippen LogP contribution < -0.4 is 5.32 Å². The molecule has 1 aromatic carbocycles. The fourth-order valence-corrected chi connectivity index (χ4v) is 2.15. The predicted octanol–water partition coefficient (Wildman–Crippen LogP) is 3.33. The normalized spacial score (nSPS) is 12.2. The standard InChI is InChI=1S/C17H20N2O/c1-13(2)12-16(20)19-17(14-6-4-3-5-7-14)15-8-10-18-11-9-15/h3-11,13,17H,12H2,1-2H3,(H,19,20). The van der Waals surface area contributed by atoms with Crippen molar-refractivity contribution in [2.45, 2.75) is 26.3 Å². The summed E-state index contributed by atoms with van der Waals surface area (Å²) in [6.07, 6.45) is 4.04. The van der Waals surface area contributed by atoms with Crippen LogP contribution in [0.25, 0.3) is 0 Å². The number of carbonyl (C=O) groups is 1. The van der Waals surface area contributed by atoms with E-state index in [9.17, 15) is 4.79 Å². The molecule has 0 spiro atoms. The number of rotatable bonds is 5. The summed E-state index contributed by atoms with van der Waals surface area (Å²) in [5, 5.41) is 3.11. The van der Waals surface area contributed by atoms with Crippen molar-refractivity contribution in [3.05, 3.63) is 66.0 Å². The van der Waals surface area contributed by atoms with Gasteiger partial charge in [-0.3, -0.25) is 9.78 Å². The second-order valence-corrected chi connectivity index (χ2v) is 5.29. The van der Waals surface area contributed by atoms with Crippen molar-refractivity contribution >= 4 is 5.91 Å². The monoisotopic (exact) mass is 268 g/mol. The van der Waals surface area contributed by atoms with Gasteiger partial charge >= 0.3 is 0 Å². The third-order valence-electron chi connectivity index (χ3n) is 3.07. The Bertz CT molecular complexity index is 498. The van der Waals surface area contributed by atoms with Crippen LogP contribution in [0.2, 0.25) is 0 Å². The number of carbonyl (C=O) groups excluding carboxylic acids is 1. The molecule has 2 aromatic rings. The SMILES string of the molecule is CC(C)CC(=O)NC(c1ccccc1)c1ccncc1. The smallest absolute Gasteiger partial charge is 0.221 e. The molecule has 3 heteroatoms. The molecule has 0 aliphatic heterocycles. The lowest BCUT2D eigenvalue weighted by molar-refractivity contribution is -0.122. The molecule has 1 aromatic heterocycles. The van der Waals surface area contributed by atoms with E-state index >= 15 is 0 Å². The molecule has 0 saturated heterocycles. The zero-order chi connectivity index (χ0) is 14.4. The van der Waals surface area contributed by atoms with Crippen molar-refractivity contribution in [2.75, 3.05) is 0 Å². The first-order chi connectivity index (χ1) is 9.66. The molecule has 0 fully saturated rings. The average molecular weight is 268 g/mol. The molecule has 2 rings (SSSR count). The van der Waals surface area contributed by atoms with Crippen molar-refractivity contribution in [2.24, 2.45) is 5.92 Å². The summed E-state index contributed by atoms with van der Waals surface area (Å²) in [5.74, 6) is 0.425. The van der Waals surface area contributed by atoms with Gasteiger partial charge in [0.05, 0.1) is 6.04 Å². The third kappa shape index (κ3) is 3.92. The van der Waals surface area contributed by atoms with Crippen molar-refractivity contribution in [3.63, 3.8) is 0 Å². The molecular formula is C17H20N2O. The zero-order valence-electron chi connectivity index (χ0n) is 11.9. The molecule has 1 heterocycles.